The van der Waals surface area contributed by atoms with Gasteiger partial charge in [0.1, 0.15) is 6.04 Å². The fourth-order valence-electron chi connectivity index (χ4n) is 3.15. The molecule has 1 N–H and O–H groups in total. The summed E-state index contributed by atoms with van der Waals surface area (Å²) in [5.74, 6) is 0.568. The third-order valence-electron chi connectivity index (χ3n) is 4.20. The summed E-state index contributed by atoms with van der Waals surface area (Å²) in [5, 5.41) is 3.50. The van der Waals surface area contributed by atoms with Crippen LogP contribution in [0.2, 0.25) is 0 Å². The van der Waals surface area contributed by atoms with Crippen LogP contribution < -0.4 is 5.32 Å². The van der Waals surface area contributed by atoms with Crippen molar-refractivity contribution in [1.82, 2.24) is 10.2 Å². The van der Waals surface area contributed by atoms with Crippen molar-refractivity contribution < 1.29 is 9.53 Å². The Bertz CT molecular complexity index is 469. The summed E-state index contributed by atoms with van der Waals surface area (Å²) in [7, 11) is 0. The molecule has 0 saturated carbocycles. The molecule has 3 unspecified atom stereocenters. The highest BCUT2D eigenvalue weighted by Crippen LogP contribution is 2.31. The first-order valence-electron chi connectivity index (χ1n) is 7.39. The Balaban J connectivity index is 1.87. The van der Waals surface area contributed by atoms with Gasteiger partial charge in [0.05, 0.1) is 18.8 Å². The molecular weight excluding hydrogens is 252 g/mol. The van der Waals surface area contributed by atoms with E-state index < -0.39 is 0 Å². The van der Waals surface area contributed by atoms with Gasteiger partial charge in [0.25, 0.3) is 0 Å². The van der Waals surface area contributed by atoms with E-state index in [4.69, 9.17) is 4.74 Å². The lowest BCUT2D eigenvalue weighted by molar-refractivity contribution is -0.133. The number of ether oxygens (including phenoxy) is 1. The van der Waals surface area contributed by atoms with Crippen molar-refractivity contribution in [2.24, 2.45) is 5.92 Å². The maximum Gasteiger partial charge on any atom is 0.245 e. The fourth-order valence-corrected chi connectivity index (χ4v) is 3.15. The monoisotopic (exact) mass is 274 g/mol. The first-order chi connectivity index (χ1) is 9.68. The van der Waals surface area contributed by atoms with Gasteiger partial charge in [0.15, 0.2) is 0 Å². The van der Waals surface area contributed by atoms with Gasteiger partial charge in [0.2, 0.25) is 5.91 Å². The Labute approximate surface area is 120 Å². The second-order valence-electron chi connectivity index (χ2n) is 5.96. The van der Waals surface area contributed by atoms with E-state index in [1.807, 2.05) is 35.2 Å². The highest BCUT2D eigenvalue weighted by atomic mass is 16.5. The molecule has 0 bridgehead atoms. The van der Waals surface area contributed by atoms with Crippen LogP contribution in [0.25, 0.3) is 0 Å². The molecule has 0 spiro atoms. The van der Waals surface area contributed by atoms with Crippen molar-refractivity contribution in [2.75, 3.05) is 13.2 Å². The smallest absolute Gasteiger partial charge is 0.245 e. The molecular formula is C16H22N2O2. The van der Waals surface area contributed by atoms with Crippen LogP contribution in [-0.4, -0.2) is 36.2 Å². The van der Waals surface area contributed by atoms with Gasteiger partial charge >= 0.3 is 0 Å². The average Bonchev–Trinajstić information content (AvgIpc) is 3.06. The van der Waals surface area contributed by atoms with E-state index >= 15 is 0 Å². The van der Waals surface area contributed by atoms with Gasteiger partial charge in [-0.3, -0.25) is 10.1 Å². The molecule has 20 heavy (non-hydrogen) atoms. The molecule has 2 aliphatic rings. The highest BCUT2D eigenvalue weighted by molar-refractivity contribution is 5.86. The van der Waals surface area contributed by atoms with Gasteiger partial charge in [-0.25, -0.2) is 0 Å². The third-order valence-corrected chi connectivity index (χ3v) is 4.20. The molecule has 2 heterocycles. The zero-order chi connectivity index (χ0) is 14.1. The van der Waals surface area contributed by atoms with Crippen LogP contribution in [0.3, 0.4) is 0 Å². The maximum atomic E-state index is 12.8. The van der Waals surface area contributed by atoms with Gasteiger partial charge in [-0.05, 0) is 17.9 Å². The number of carbonyl (C=O) groups is 1. The molecule has 1 aromatic rings. The topological polar surface area (TPSA) is 41.6 Å². The summed E-state index contributed by atoms with van der Waals surface area (Å²) in [6, 6.07) is 9.97. The van der Waals surface area contributed by atoms with Crippen LogP contribution in [0.4, 0.5) is 0 Å². The lowest BCUT2D eigenvalue weighted by atomic mass is 10.1. The second kappa shape index (κ2) is 5.54. The minimum atomic E-state index is -0.218. The van der Waals surface area contributed by atoms with Gasteiger partial charge in [0, 0.05) is 6.61 Å². The summed E-state index contributed by atoms with van der Waals surface area (Å²) >= 11 is 0. The van der Waals surface area contributed by atoms with Crippen molar-refractivity contribution in [3.63, 3.8) is 0 Å². The van der Waals surface area contributed by atoms with Crippen LogP contribution in [0.15, 0.2) is 30.3 Å². The maximum absolute atomic E-state index is 12.8. The summed E-state index contributed by atoms with van der Waals surface area (Å²) < 4.78 is 5.47. The molecule has 4 nitrogen and oxygen atoms in total. The molecule has 4 heteroatoms. The predicted octanol–water partition coefficient (Wildman–Crippen LogP) is 1.93. The standard InChI is InChI=1S/C16H22N2O2/c1-11(2)15-17-14(12-6-4-3-5-7-12)16(19)18(15)13-8-9-20-10-13/h3-7,11,13-15,17H,8-10H2,1-2H3. The van der Waals surface area contributed by atoms with E-state index in [0.717, 1.165) is 18.6 Å². The quantitative estimate of drug-likeness (QED) is 0.915. The van der Waals surface area contributed by atoms with Crippen molar-refractivity contribution >= 4 is 5.91 Å². The molecule has 1 aromatic carbocycles. The Morgan fingerprint density at radius 3 is 2.65 bits per heavy atom. The molecule has 2 fully saturated rings. The number of rotatable bonds is 3. The number of amides is 1. The van der Waals surface area contributed by atoms with E-state index in [-0.39, 0.29) is 24.2 Å². The molecule has 0 aliphatic carbocycles. The molecule has 1 amide bonds. The lowest BCUT2D eigenvalue weighted by Crippen LogP contribution is -2.47. The first kappa shape index (κ1) is 13.6. The highest BCUT2D eigenvalue weighted by Gasteiger charge is 2.44. The molecule has 0 aromatic heterocycles. The van der Waals surface area contributed by atoms with Gasteiger partial charge < -0.3 is 9.64 Å². The lowest BCUT2D eigenvalue weighted by Gasteiger charge is -2.31. The van der Waals surface area contributed by atoms with Crippen molar-refractivity contribution in [3.05, 3.63) is 35.9 Å². The Hall–Kier alpha value is -1.39. The minimum Gasteiger partial charge on any atom is -0.379 e. The van der Waals surface area contributed by atoms with Gasteiger partial charge in [-0.15, -0.1) is 0 Å². The second-order valence-corrected chi connectivity index (χ2v) is 5.96. The van der Waals surface area contributed by atoms with E-state index in [0.29, 0.717) is 12.5 Å². The third kappa shape index (κ3) is 2.34. The summed E-state index contributed by atoms with van der Waals surface area (Å²) in [4.78, 5) is 14.8. The number of carbonyl (C=O) groups excluding carboxylic acids is 1. The number of nitrogens with one attached hydrogen (secondary N) is 1. The number of hydrogen-bond donors (Lipinski definition) is 1. The molecule has 0 radical (unpaired) electrons. The van der Waals surface area contributed by atoms with Crippen LogP contribution >= 0.6 is 0 Å². The molecule has 3 rings (SSSR count). The predicted molar refractivity (Wildman–Crippen MR) is 77.0 cm³/mol. The van der Waals surface area contributed by atoms with Crippen molar-refractivity contribution in [1.29, 1.82) is 0 Å². The van der Waals surface area contributed by atoms with Crippen LogP contribution in [0, 0.1) is 5.92 Å². The fraction of sp³-hybridized carbons (Fsp3) is 0.562. The average molecular weight is 274 g/mol. The SMILES string of the molecule is CC(C)C1NC(c2ccccc2)C(=O)N1C1CCOC1. The first-order valence-corrected chi connectivity index (χ1v) is 7.39. The zero-order valence-corrected chi connectivity index (χ0v) is 12.1. The van der Waals surface area contributed by atoms with E-state index in [1.165, 1.54) is 0 Å². The Morgan fingerprint density at radius 1 is 1.30 bits per heavy atom. The number of hydrogen-bond acceptors (Lipinski definition) is 3. The van der Waals surface area contributed by atoms with Crippen LogP contribution in [0.1, 0.15) is 31.9 Å². The number of nitrogens with zero attached hydrogens (tertiary/aromatic N) is 1. The Morgan fingerprint density at radius 2 is 2.05 bits per heavy atom. The normalized spacial score (nSPS) is 30.4. The van der Waals surface area contributed by atoms with Crippen molar-refractivity contribution in [2.45, 2.75) is 38.5 Å². The number of benzene rings is 1. The van der Waals surface area contributed by atoms with Crippen LogP contribution in [-0.2, 0) is 9.53 Å². The van der Waals surface area contributed by atoms with Crippen molar-refractivity contribution in [3.8, 4) is 0 Å². The minimum absolute atomic E-state index is 0.0967. The molecule has 2 aliphatic heterocycles. The molecule has 108 valence electrons. The summed E-state index contributed by atoms with van der Waals surface area (Å²) in [6.07, 6.45) is 1.04. The summed E-state index contributed by atoms with van der Waals surface area (Å²) in [5.41, 5.74) is 1.05. The Kier molecular flexibility index (Phi) is 3.76. The molecule has 3 atom stereocenters. The zero-order valence-electron chi connectivity index (χ0n) is 12.1. The van der Waals surface area contributed by atoms with Gasteiger partial charge in [-0.2, -0.15) is 0 Å². The summed E-state index contributed by atoms with van der Waals surface area (Å²) in [6.45, 7) is 5.73. The van der Waals surface area contributed by atoms with Crippen LogP contribution in [0.5, 0.6) is 0 Å². The van der Waals surface area contributed by atoms with Gasteiger partial charge in [-0.1, -0.05) is 44.2 Å². The van der Waals surface area contributed by atoms with E-state index in [9.17, 15) is 4.79 Å². The largest absolute Gasteiger partial charge is 0.379 e. The van der Waals surface area contributed by atoms with E-state index in [1.54, 1.807) is 0 Å². The molecule has 2 saturated heterocycles. The van der Waals surface area contributed by atoms with E-state index in [2.05, 4.69) is 19.2 Å².